The second kappa shape index (κ2) is 5.45. The molecule has 1 amide bonds. The molecule has 5 nitrogen and oxygen atoms in total. The average molecular weight is 255 g/mol. The van der Waals surface area contributed by atoms with E-state index in [0.29, 0.717) is 11.5 Å². The van der Waals surface area contributed by atoms with Crippen LogP contribution in [0.5, 0.6) is 0 Å². The molecule has 1 unspecified atom stereocenters. The summed E-state index contributed by atoms with van der Waals surface area (Å²) in [4.78, 5) is 15.8. The third-order valence-corrected chi connectivity index (χ3v) is 4.27. The number of nitrogens with one attached hydrogen (secondary N) is 1. The van der Waals surface area contributed by atoms with Crippen molar-refractivity contribution in [2.45, 2.75) is 26.3 Å². The molecule has 104 valence electrons. The smallest absolute Gasteiger partial charge is 0.409 e. The summed E-state index contributed by atoms with van der Waals surface area (Å²) in [5.41, 5.74) is 0.311. The molecule has 0 radical (unpaired) electrons. The Labute approximate surface area is 109 Å². The van der Waals surface area contributed by atoms with E-state index in [1.807, 2.05) is 0 Å². The maximum absolute atomic E-state index is 11.5. The minimum absolute atomic E-state index is 0.195. The molecule has 1 N–H and O–H groups in total. The van der Waals surface area contributed by atoms with Crippen molar-refractivity contribution in [1.29, 1.82) is 0 Å². The molecule has 1 atom stereocenters. The van der Waals surface area contributed by atoms with Crippen LogP contribution in [-0.2, 0) is 4.74 Å². The van der Waals surface area contributed by atoms with Crippen LogP contribution in [0.4, 0.5) is 4.79 Å². The third kappa shape index (κ3) is 2.78. The zero-order chi connectivity index (χ0) is 13.2. The van der Waals surface area contributed by atoms with Gasteiger partial charge in [-0.15, -0.1) is 0 Å². The number of piperazine rings is 1. The van der Waals surface area contributed by atoms with Gasteiger partial charge in [0.15, 0.2) is 0 Å². The Kier molecular flexibility index (Phi) is 4.12. The molecule has 2 fully saturated rings. The fraction of sp³-hybridized carbons (Fsp3) is 0.923. The highest BCUT2D eigenvalue weighted by Crippen LogP contribution is 2.30. The Bertz CT molecular complexity index is 299. The van der Waals surface area contributed by atoms with Crippen molar-refractivity contribution in [3.05, 3.63) is 0 Å². The molecule has 18 heavy (non-hydrogen) atoms. The van der Waals surface area contributed by atoms with Gasteiger partial charge >= 0.3 is 6.09 Å². The van der Waals surface area contributed by atoms with E-state index in [4.69, 9.17) is 4.74 Å². The molecule has 2 rings (SSSR count). The minimum atomic E-state index is -0.195. The predicted octanol–water partition coefficient (Wildman–Crippen LogP) is 0.759. The maximum atomic E-state index is 11.5. The van der Waals surface area contributed by atoms with Gasteiger partial charge in [0.1, 0.15) is 0 Å². The van der Waals surface area contributed by atoms with Crippen LogP contribution < -0.4 is 5.32 Å². The van der Waals surface area contributed by atoms with Crippen LogP contribution in [0.25, 0.3) is 0 Å². The number of ether oxygens (including phenoxy) is 1. The van der Waals surface area contributed by atoms with Crippen molar-refractivity contribution >= 4 is 6.09 Å². The molecule has 2 heterocycles. The summed E-state index contributed by atoms with van der Waals surface area (Å²) in [6.45, 7) is 10.3. The zero-order valence-electron chi connectivity index (χ0n) is 11.7. The SMILES string of the molecule is COC(=O)N1CCN(C2CCNCC2(C)C)CC1. The van der Waals surface area contributed by atoms with Crippen LogP contribution >= 0.6 is 0 Å². The number of methoxy groups -OCH3 is 1. The average Bonchev–Trinajstić information content (AvgIpc) is 2.37. The summed E-state index contributed by atoms with van der Waals surface area (Å²) in [7, 11) is 1.45. The topological polar surface area (TPSA) is 44.8 Å². The lowest BCUT2D eigenvalue weighted by Gasteiger charge is -2.48. The molecular weight excluding hydrogens is 230 g/mol. The van der Waals surface area contributed by atoms with Crippen molar-refractivity contribution in [3.63, 3.8) is 0 Å². The quantitative estimate of drug-likeness (QED) is 0.751. The molecule has 2 saturated heterocycles. The highest BCUT2D eigenvalue weighted by Gasteiger charge is 2.37. The second-order valence-corrected chi connectivity index (χ2v) is 5.96. The first-order chi connectivity index (χ1) is 8.54. The number of carbonyl (C=O) groups excluding carboxylic acids is 1. The molecule has 2 aliphatic heterocycles. The van der Waals surface area contributed by atoms with Gasteiger partial charge in [-0.3, -0.25) is 4.90 Å². The fourth-order valence-electron chi connectivity index (χ4n) is 3.18. The van der Waals surface area contributed by atoms with E-state index < -0.39 is 0 Å². The number of rotatable bonds is 1. The van der Waals surface area contributed by atoms with Crippen LogP contribution in [-0.4, -0.2) is 68.3 Å². The van der Waals surface area contributed by atoms with Crippen molar-refractivity contribution in [3.8, 4) is 0 Å². The first-order valence-electron chi connectivity index (χ1n) is 6.82. The molecule has 0 bridgehead atoms. The Balaban J connectivity index is 1.91. The monoisotopic (exact) mass is 255 g/mol. The first-order valence-corrected chi connectivity index (χ1v) is 6.82. The lowest BCUT2D eigenvalue weighted by atomic mass is 9.79. The third-order valence-electron chi connectivity index (χ3n) is 4.27. The van der Waals surface area contributed by atoms with Crippen LogP contribution in [0.3, 0.4) is 0 Å². The molecule has 5 heteroatoms. The van der Waals surface area contributed by atoms with Gasteiger partial charge in [-0.2, -0.15) is 0 Å². The largest absolute Gasteiger partial charge is 0.453 e. The number of piperidine rings is 1. The standard InChI is InChI=1S/C13H25N3O2/c1-13(2)10-14-5-4-11(13)15-6-8-16(9-7-15)12(17)18-3/h11,14H,4-10H2,1-3H3. The number of nitrogens with zero attached hydrogens (tertiary/aromatic N) is 2. The Morgan fingerprint density at radius 1 is 1.28 bits per heavy atom. The van der Waals surface area contributed by atoms with E-state index in [2.05, 4.69) is 24.1 Å². The highest BCUT2D eigenvalue weighted by atomic mass is 16.5. The van der Waals surface area contributed by atoms with Gasteiger partial charge in [-0.25, -0.2) is 4.79 Å². The van der Waals surface area contributed by atoms with E-state index >= 15 is 0 Å². The Morgan fingerprint density at radius 2 is 1.94 bits per heavy atom. The van der Waals surface area contributed by atoms with Gasteiger partial charge in [0.25, 0.3) is 0 Å². The number of carbonyl (C=O) groups is 1. The lowest BCUT2D eigenvalue weighted by molar-refractivity contribution is 0.0204. The summed E-state index contributed by atoms with van der Waals surface area (Å²) in [6.07, 6.45) is 1.00. The fourth-order valence-corrected chi connectivity index (χ4v) is 3.18. The number of hydrogen-bond acceptors (Lipinski definition) is 4. The van der Waals surface area contributed by atoms with Gasteiger partial charge in [-0.05, 0) is 18.4 Å². The van der Waals surface area contributed by atoms with Gasteiger partial charge < -0.3 is 15.0 Å². The summed E-state index contributed by atoms with van der Waals surface area (Å²) in [5, 5.41) is 3.47. The summed E-state index contributed by atoms with van der Waals surface area (Å²) >= 11 is 0. The molecule has 0 aliphatic carbocycles. The van der Waals surface area contributed by atoms with E-state index in [1.165, 1.54) is 13.5 Å². The highest BCUT2D eigenvalue weighted by molar-refractivity contribution is 5.67. The van der Waals surface area contributed by atoms with Crippen LogP contribution in [0.1, 0.15) is 20.3 Å². The molecule has 0 spiro atoms. The molecule has 0 aromatic carbocycles. The molecule has 2 aliphatic rings. The van der Waals surface area contributed by atoms with Gasteiger partial charge in [0, 0.05) is 38.8 Å². The van der Waals surface area contributed by atoms with Crippen molar-refractivity contribution in [2.24, 2.45) is 5.41 Å². The van der Waals surface area contributed by atoms with Crippen LogP contribution in [0.15, 0.2) is 0 Å². The number of amides is 1. The zero-order valence-corrected chi connectivity index (χ0v) is 11.7. The predicted molar refractivity (Wildman–Crippen MR) is 70.6 cm³/mol. The van der Waals surface area contributed by atoms with E-state index in [9.17, 15) is 4.79 Å². The summed E-state index contributed by atoms with van der Waals surface area (Å²) in [6, 6.07) is 0.624. The molecule has 0 aromatic rings. The minimum Gasteiger partial charge on any atom is -0.453 e. The van der Waals surface area contributed by atoms with Gasteiger partial charge in [-0.1, -0.05) is 13.8 Å². The maximum Gasteiger partial charge on any atom is 0.409 e. The van der Waals surface area contributed by atoms with Gasteiger partial charge in [0.05, 0.1) is 7.11 Å². The Hall–Kier alpha value is -0.810. The van der Waals surface area contributed by atoms with E-state index in [-0.39, 0.29) is 6.09 Å². The van der Waals surface area contributed by atoms with Gasteiger partial charge in [0.2, 0.25) is 0 Å². The molecular formula is C13H25N3O2. The summed E-state index contributed by atoms with van der Waals surface area (Å²) in [5.74, 6) is 0. The van der Waals surface area contributed by atoms with Crippen LogP contribution in [0.2, 0.25) is 0 Å². The Morgan fingerprint density at radius 3 is 2.50 bits per heavy atom. The first kappa shape index (κ1) is 13.6. The van der Waals surface area contributed by atoms with Crippen molar-refractivity contribution in [2.75, 3.05) is 46.4 Å². The molecule has 0 saturated carbocycles. The summed E-state index contributed by atoms with van der Waals surface area (Å²) < 4.78 is 4.77. The lowest BCUT2D eigenvalue weighted by Crippen LogP contribution is -2.59. The van der Waals surface area contributed by atoms with Crippen molar-refractivity contribution in [1.82, 2.24) is 15.1 Å². The van der Waals surface area contributed by atoms with Crippen molar-refractivity contribution < 1.29 is 9.53 Å². The van der Waals surface area contributed by atoms with E-state index in [1.54, 1.807) is 4.90 Å². The van der Waals surface area contributed by atoms with E-state index in [0.717, 1.165) is 39.3 Å². The molecule has 0 aromatic heterocycles. The van der Waals surface area contributed by atoms with Crippen LogP contribution in [0, 0.1) is 5.41 Å². The normalized spacial score (nSPS) is 29.1. The number of hydrogen-bond donors (Lipinski definition) is 1. The second-order valence-electron chi connectivity index (χ2n) is 5.96.